The SMILES string of the molecule is Cc1ccc(C(C)C)c(OCC(=O)Nc2ccc3c(c2)nc(CN2CCC(C)CC2)n3C)c1. The highest BCUT2D eigenvalue weighted by Crippen LogP contribution is 2.28. The van der Waals surface area contributed by atoms with Crippen LogP contribution >= 0.6 is 0 Å². The summed E-state index contributed by atoms with van der Waals surface area (Å²) in [6, 6.07) is 12.0. The van der Waals surface area contributed by atoms with Gasteiger partial charge in [-0.1, -0.05) is 32.9 Å². The molecule has 0 radical (unpaired) electrons. The summed E-state index contributed by atoms with van der Waals surface area (Å²) in [5.74, 6) is 2.81. The van der Waals surface area contributed by atoms with Crippen LogP contribution in [0.3, 0.4) is 0 Å². The normalized spacial score (nSPS) is 15.3. The second-order valence-electron chi connectivity index (χ2n) is 9.78. The molecule has 176 valence electrons. The summed E-state index contributed by atoms with van der Waals surface area (Å²) in [5.41, 5.74) is 4.94. The molecule has 0 atom stereocenters. The smallest absolute Gasteiger partial charge is 0.262 e. The summed E-state index contributed by atoms with van der Waals surface area (Å²) < 4.78 is 8.04. The number of nitrogens with one attached hydrogen (secondary N) is 1. The molecular formula is C27H36N4O2. The van der Waals surface area contributed by atoms with E-state index in [0.717, 1.165) is 65.0 Å². The quantitative estimate of drug-likeness (QED) is 0.536. The van der Waals surface area contributed by atoms with Crippen molar-refractivity contribution in [2.45, 2.75) is 53.0 Å². The number of imidazole rings is 1. The van der Waals surface area contributed by atoms with E-state index in [9.17, 15) is 4.79 Å². The fourth-order valence-corrected chi connectivity index (χ4v) is 4.47. The van der Waals surface area contributed by atoms with Gasteiger partial charge >= 0.3 is 0 Å². The van der Waals surface area contributed by atoms with Crippen LogP contribution in [0.5, 0.6) is 5.75 Å². The molecule has 0 aliphatic carbocycles. The molecule has 1 aliphatic rings. The Hall–Kier alpha value is -2.86. The second-order valence-corrected chi connectivity index (χ2v) is 9.78. The van der Waals surface area contributed by atoms with Gasteiger partial charge in [0, 0.05) is 12.7 Å². The lowest BCUT2D eigenvalue weighted by Crippen LogP contribution is -2.33. The molecule has 1 aromatic heterocycles. The van der Waals surface area contributed by atoms with Crippen LogP contribution < -0.4 is 10.1 Å². The Morgan fingerprint density at radius 3 is 2.67 bits per heavy atom. The molecule has 0 saturated carbocycles. The van der Waals surface area contributed by atoms with Crippen LogP contribution in [-0.4, -0.2) is 40.1 Å². The lowest BCUT2D eigenvalue weighted by molar-refractivity contribution is -0.118. The van der Waals surface area contributed by atoms with Gasteiger partial charge < -0.3 is 14.6 Å². The van der Waals surface area contributed by atoms with Crippen LogP contribution in [0.15, 0.2) is 36.4 Å². The van der Waals surface area contributed by atoms with Crippen molar-refractivity contribution < 1.29 is 9.53 Å². The summed E-state index contributed by atoms with van der Waals surface area (Å²) in [6.45, 7) is 11.7. The van der Waals surface area contributed by atoms with Gasteiger partial charge in [0.15, 0.2) is 6.61 Å². The number of benzene rings is 2. The Kier molecular flexibility index (Phi) is 7.03. The van der Waals surface area contributed by atoms with E-state index in [1.165, 1.54) is 12.8 Å². The van der Waals surface area contributed by atoms with E-state index >= 15 is 0 Å². The van der Waals surface area contributed by atoms with Crippen LogP contribution in [0.4, 0.5) is 5.69 Å². The predicted molar refractivity (Wildman–Crippen MR) is 134 cm³/mol. The number of amides is 1. The summed E-state index contributed by atoms with van der Waals surface area (Å²) in [4.78, 5) is 19.9. The highest BCUT2D eigenvalue weighted by atomic mass is 16.5. The van der Waals surface area contributed by atoms with Gasteiger partial charge in [-0.15, -0.1) is 0 Å². The predicted octanol–water partition coefficient (Wildman–Crippen LogP) is 5.25. The summed E-state index contributed by atoms with van der Waals surface area (Å²) in [6.07, 6.45) is 2.51. The van der Waals surface area contributed by atoms with Gasteiger partial charge in [0.05, 0.1) is 17.6 Å². The van der Waals surface area contributed by atoms with E-state index in [0.29, 0.717) is 5.92 Å². The fourth-order valence-electron chi connectivity index (χ4n) is 4.47. The zero-order valence-corrected chi connectivity index (χ0v) is 20.5. The van der Waals surface area contributed by atoms with Crippen molar-refractivity contribution in [3.63, 3.8) is 0 Å². The number of likely N-dealkylation sites (tertiary alicyclic amines) is 1. The van der Waals surface area contributed by atoms with Crippen molar-refractivity contribution in [1.29, 1.82) is 0 Å². The maximum absolute atomic E-state index is 12.6. The topological polar surface area (TPSA) is 59.4 Å². The Bertz CT molecular complexity index is 1130. The van der Waals surface area contributed by atoms with Crippen LogP contribution in [0.2, 0.25) is 0 Å². The maximum Gasteiger partial charge on any atom is 0.262 e. The number of fused-ring (bicyclic) bond motifs is 1. The molecular weight excluding hydrogens is 412 g/mol. The van der Waals surface area contributed by atoms with E-state index in [1.54, 1.807) is 0 Å². The third-order valence-electron chi connectivity index (χ3n) is 6.65. The Morgan fingerprint density at radius 1 is 1.18 bits per heavy atom. The van der Waals surface area contributed by atoms with Crippen molar-refractivity contribution >= 4 is 22.6 Å². The van der Waals surface area contributed by atoms with Gasteiger partial charge in [-0.2, -0.15) is 0 Å². The molecule has 1 fully saturated rings. The first-order valence-corrected chi connectivity index (χ1v) is 12.0. The Morgan fingerprint density at radius 2 is 1.94 bits per heavy atom. The van der Waals surface area contributed by atoms with Crippen LogP contribution in [-0.2, 0) is 18.4 Å². The minimum atomic E-state index is -0.177. The number of rotatable bonds is 7. The highest BCUT2D eigenvalue weighted by molar-refractivity contribution is 5.94. The summed E-state index contributed by atoms with van der Waals surface area (Å²) in [7, 11) is 2.07. The molecule has 0 unspecified atom stereocenters. The number of hydrogen-bond acceptors (Lipinski definition) is 4. The van der Waals surface area contributed by atoms with E-state index in [2.05, 4.69) is 54.7 Å². The first kappa shape index (κ1) is 23.3. The third-order valence-corrected chi connectivity index (χ3v) is 6.65. The molecule has 0 bridgehead atoms. The zero-order valence-electron chi connectivity index (χ0n) is 20.5. The molecule has 2 heterocycles. The lowest BCUT2D eigenvalue weighted by Gasteiger charge is -2.29. The first-order chi connectivity index (χ1) is 15.8. The molecule has 4 rings (SSSR count). The van der Waals surface area contributed by atoms with E-state index in [1.807, 2.05) is 31.2 Å². The van der Waals surface area contributed by atoms with E-state index in [-0.39, 0.29) is 12.5 Å². The number of ether oxygens (including phenoxy) is 1. The Balaban J connectivity index is 1.41. The largest absolute Gasteiger partial charge is 0.483 e. The highest BCUT2D eigenvalue weighted by Gasteiger charge is 2.18. The van der Waals surface area contributed by atoms with Crippen LogP contribution in [0.25, 0.3) is 11.0 Å². The summed E-state index contributed by atoms with van der Waals surface area (Å²) >= 11 is 0. The number of nitrogens with zero attached hydrogens (tertiary/aromatic N) is 3. The molecule has 0 spiro atoms. The van der Waals surface area contributed by atoms with Crippen molar-refractivity contribution in [1.82, 2.24) is 14.5 Å². The first-order valence-electron chi connectivity index (χ1n) is 12.0. The number of anilines is 1. The minimum absolute atomic E-state index is 0.0257. The van der Waals surface area contributed by atoms with Gasteiger partial charge in [-0.05, 0) is 80.1 Å². The second kappa shape index (κ2) is 9.96. The van der Waals surface area contributed by atoms with Crippen molar-refractivity contribution in [3.05, 3.63) is 53.3 Å². The standard InChI is InChI=1S/C27H36N4O2/c1-18(2)22-8-6-20(4)14-25(22)33-17-27(32)28-21-7-9-24-23(15-21)29-26(30(24)5)16-31-12-10-19(3)11-13-31/h6-9,14-15,18-19H,10-13,16-17H2,1-5H3,(H,28,32). The number of carbonyl (C=O) groups is 1. The monoisotopic (exact) mass is 448 g/mol. The molecule has 6 nitrogen and oxygen atoms in total. The van der Waals surface area contributed by atoms with Crippen LogP contribution in [0.1, 0.15) is 56.5 Å². The van der Waals surface area contributed by atoms with E-state index in [4.69, 9.17) is 9.72 Å². The van der Waals surface area contributed by atoms with Gasteiger partial charge in [-0.25, -0.2) is 4.98 Å². The van der Waals surface area contributed by atoms with E-state index < -0.39 is 0 Å². The number of piperidine rings is 1. The minimum Gasteiger partial charge on any atom is -0.483 e. The maximum atomic E-state index is 12.6. The van der Waals surface area contributed by atoms with Crippen molar-refractivity contribution in [2.75, 3.05) is 25.0 Å². The van der Waals surface area contributed by atoms with Crippen molar-refractivity contribution in [3.8, 4) is 5.75 Å². The fraction of sp³-hybridized carbons (Fsp3) is 0.481. The molecule has 33 heavy (non-hydrogen) atoms. The zero-order chi connectivity index (χ0) is 23.5. The van der Waals surface area contributed by atoms with Crippen LogP contribution in [0, 0.1) is 12.8 Å². The number of aryl methyl sites for hydroxylation is 2. The molecule has 1 saturated heterocycles. The Labute approximate surface area is 196 Å². The lowest BCUT2D eigenvalue weighted by atomic mass is 9.99. The summed E-state index contributed by atoms with van der Waals surface area (Å²) in [5, 5.41) is 2.96. The molecule has 6 heteroatoms. The molecule has 1 amide bonds. The van der Waals surface area contributed by atoms with Gasteiger partial charge in [0.1, 0.15) is 11.6 Å². The van der Waals surface area contributed by atoms with Gasteiger partial charge in [-0.3, -0.25) is 9.69 Å². The third kappa shape index (κ3) is 5.56. The molecule has 1 aliphatic heterocycles. The average Bonchev–Trinajstić information content (AvgIpc) is 3.08. The van der Waals surface area contributed by atoms with Gasteiger partial charge in [0.2, 0.25) is 0 Å². The molecule has 2 aromatic carbocycles. The number of carbonyl (C=O) groups excluding carboxylic acids is 1. The average molecular weight is 449 g/mol. The number of hydrogen-bond donors (Lipinski definition) is 1. The van der Waals surface area contributed by atoms with Gasteiger partial charge in [0.25, 0.3) is 5.91 Å². The number of aromatic nitrogens is 2. The van der Waals surface area contributed by atoms with Crippen molar-refractivity contribution in [2.24, 2.45) is 13.0 Å². The molecule has 1 N–H and O–H groups in total. The molecule has 3 aromatic rings.